The number of nitrogens with one attached hydrogen (secondary N) is 1. The number of fused-ring (bicyclic) bond motifs is 1. The molecule has 3 aromatic rings. The molecule has 0 aromatic heterocycles. The van der Waals surface area contributed by atoms with Crippen LogP contribution in [0.25, 0.3) is 0 Å². The van der Waals surface area contributed by atoms with Crippen LogP contribution in [0.2, 0.25) is 0 Å². The monoisotopic (exact) mass is 537 g/mol. The zero-order valence-corrected chi connectivity index (χ0v) is 22.4. The maximum Gasteiger partial charge on any atom is 0.267 e. The van der Waals surface area contributed by atoms with Crippen LogP contribution in [0, 0.1) is 0 Å². The first-order valence-electron chi connectivity index (χ1n) is 12.5. The van der Waals surface area contributed by atoms with E-state index in [9.17, 15) is 18.0 Å². The average molecular weight is 538 g/mol. The molecule has 0 spiro atoms. The predicted octanol–water partition coefficient (Wildman–Crippen LogP) is 4.16. The largest absolute Gasteiger partial charge is 0.492 e. The highest BCUT2D eigenvalue weighted by Crippen LogP contribution is 2.36. The van der Waals surface area contributed by atoms with Gasteiger partial charge in [0.1, 0.15) is 18.1 Å². The highest BCUT2D eigenvalue weighted by Gasteiger charge is 2.31. The molecule has 0 aliphatic carbocycles. The molecule has 1 heterocycles. The fraction of sp³-hybridized carbons (Fsp3) is 0.286. The first-order valence-corrected chi connectivity index (χ1v) is 13.9. The summed E-state index contributed by atoms with van der Waals surface area (Å²) < 4.78 is 38.3. The van der Waals surface area contributed by atoms with Gasteiger partial charge >= 0.3 is 0 Å². The van der Waals surface area contributed by atoms with Crippen LogP contribution in [-0.4, -0.2) is 56.9 Å². The van der Waals surface area contributed by atoms with Gasteiger partial charge < -0.3 is 19.7 Å². The van der Waals surface area contributed by atoms with Crippen molar-refractivity contribution < 1.29 is 27.5 Å². The second kappa shape index (κ2) is 11.7. The Kier molecular flexibility index (Phi) is 8.33. The Balaban J connectivity index is 1.45. The lowest BCUT2D eigenvalue weighted by atomic mass is 10.1. The number of carbonyl (C=O) groups is 2. The van der Waals surface area contributed by atoms with Crippen molar-refractivity contribution in [3.8, 4) is 11.5 Å². The number of rotatable bonds is 10. The second-order valence-corrected chi connectivity index (χ2v) is 10.6. The molecule has 1 atom stereocenters. The molecule has 1 unspecified atom stereocenters. The van der Waals surface area contributed by atoms with E-state index < -0.39 is 22.0 Å². The Morgan fingerprint density at radius 3 is 2.37 bits per heavy atom. The summed E-state index contributed by atoms with van der Waals surface area (Å²) in [6, 6.07) is 20.3. The number of ether oxygens (including phenoxy) is 2. The van der Waals surface area contributed by atoms with E-state index in [0.717, 1.165) is 5.75 Å². The molecule has 0 saturated heterocycles. The van der Waals surface area contributed by atoms with E-state index in [1.807, 2.05) is 30.3 Å². The van der Waals surface area contributed by atoms with Gasteiger partial charge in [0, 0.05) is 30.4 Å². The van der Waals surface area contributed by atoms with Crippen LogP contribution in [0.3, 0.4) is 0 Å². The van der Waals surface area contributed by atoms with Crippen molar-refractivity contribution in [2.45, 2.75) is 31.8 Å². The molecule has 1 aliphatic heterocycles. The minimum Gasteiger partial charge on any atom is -0.492 e. The molecule has 1 N–H and O–H groups in total. The first kappa shape index (κ1) is 27.2. The smallest absolute Gasteiger partial charge is 0.267 e. The minimum absolute atomic E-state index is 0.134. The van der Waals surface area contributed by atoms with Gasteiger partial charge in [-0.2, -0.15) is 4.31 Å². The van der Waals surface area contributed by atoms with E-state index in [4.69, 9.17) is 9.47 Å². The zero-order chi connectivity index (χ0) is 27.3. The van der Waals surface area contributed by atoms with Gasteiger partial charge in [-0.3, -0.25) is 9.59 Å². The normalized spacial score (nSPS) is 15.1. The molecule has 0 saturated carbocycles. The van der Waals surface area contributed by atoms with E-state index in [-0.39, 0.29) is 10.8 Å². The molecule has 0 radical (unpaired) electrons. The maximum atomic E-state index is 12.9. The number of hydrogen-bond donors (Lipinski definition) is 1. The highest BCUT2D eigenvalue weighted by atomic mass is 32.2. The van der Waals surface area contributed by atoms with Gasteiger partial charge in [-0.15, -0.1) is 0 Å². The number of nitrogens with zero attached hydrogens (tertiary/aromatic N) is 2. The van der Waals surface area contributed by atoms with E-state index in [2.05, 4.69) is 5.32 Å². The van der Waals surface area contributed by atoms with Crippen LogP contribution in [0.4, 0.5) is 11.4 Å². The predicted molar refractivity (Wildman–Crippen MR) is 145 cm³/mol. The van der Waals surface area contributed by atoms with E-state index >= 15 is 0 Å². The number of sulfonamides is 1. The van der Waals surface area contributed by atoms with Crippen LogP contribution in [-0.2, 0) is 14.8 Å². The average Bonchev–Trinajstić information content (AvgIpc) is 2.92. The van der Waals surface area contributed by atoms with Gasteiger partial charge in [-0.05, 0) is 55.5 Å². The Morgan fingerprint density at radius 1 is 1.03 bits per heavy atom. The van der Waals surface area contributed by atoms with Crippen LogP contribution >= 0.6 is 0 Å². The summed E-state index contributed by atoms with van der Waals surface area (Å²) in [5, 5.41) is 2.81. The summed E-state index contributed by atoms with van der Waals surface area (Å²) in [4.78, 5) is 27.4. The summed E-state index contributed by atoms with van der Waals surface area (Å²) in [6.07, 6.45) is -0.689. The third-order valence-electron chi connectivity index (χ3n) is 6.21. The van der Waals surface area contributed by atoms with E-state index in [0.29, 0.717) is 48.9 Å². The van der Waals surface area contributed by atoms with Crippen LogP contribution < -0.4 is 19.7 Å². The molecule has 10 heteroatoms. The Morgan fingerprint density at radius 2 is 1.71 bits per heavy atom. The number of carbonyl (C=O) groups excluding carboxylic acids is 2. The summed E-state index contributed by atoms with van der Waals surface area (Å²) in [7, 11) is -3.61. The van der Waals surface area contributed by atoms with Crippen molar-refractivity contribution in [1.82, 2.24) is 4.31 Å². The quantitative estimate of drug-likeness (QED) is 0.416. The lowest BCUT2D eigenvalue weighted by Crippen LogP contribution is -2.46. The summed E-state index contributed by atoms with van der Waals surface area (Å²) in [6.45, 7) is 6.60. The molecule has 200 valence electrons. The van der Waals surface area contributed by atoms with Crippen LogP contribution in [0.1, 0.15) is 31.1 Å². The Hall–Kier alpha value is -3.89. The number of anilines is 2. The lowest BCUT2D eigenvalue weighted by molar-refractivity contribution is -0.125. The summed E-state index contributed by atoms with van der Waals surface area (Å²) in [5.41, 5.74) is 1.38. The van der Waals surface area contributed by atoms with Gasteiger partial charge in [0.15, 0.2) is 6.10 Å². The molecule has 0 fully saturated rings. The molecule has 38 heavy (non-hydrogen) atoms. The molecular weight excluding hydrogens is 506 g/mol. The fourth-order valence-corrected chi connectivity index (χ4v) is 5.64. The third kappa shape index (κ3) is 5.81. The standard InChI is InChI=1S/C28H31N3O6S/c1-4-30(5-2)38(34,35)24-14-11-21(12-15-24)27(32)29-22-13-16-25-26(19-22)37-20(3)28(33)31(25)17-18-36-23-9-7-6-8-10-23/h6-16,19-20H,4-5,17-18H2,1-3H3,(H,29,32). The van der Waals surface area contributed by atoms with Gasteiger partial charge in [0.05, 0.1) is 17.1 Å². The van der Waals surface area contributed by atoms with E-state index in [1.54, 1.807) is 43.9 Å². The second-order valence-electron chi connectivity index (χ2n) is 8.66. The topological polar surface area (TPSA) is 105 Å². The van der Waals surface area contributed by atoms with E-state index in [1.165, 1.54) is 28.6 Å². The Bertz CT molecular complexity index is 1390. The van der Waals surface area contributed by atoms with Gasteiger partial charge in [0.25, 0.3) is 11.8 Å². The van der Waals surface area contributed by atoms with Gasteiger partial charge in [-0.25, -0.2) is 8.42 Å². The molecule has 9 nitrogen and oxygen atoms in total. The molecular formula is C28H31N3O6S. The lowest BCUT2D eigenvalue weighted by Gasteiger charge is -2.33. The summed E-state index contributed by atoms with van der Waals surface area (Å²) in [5.74, 6) is 0.615. The number of hydrogen-bond acceptors (Lipinski definition) is 6. The van der Waals surface area contributed by atoms with Crippen LogP contribution in [0.15, 0.2) is 77.7 Å². The van der Waals surface area contributed by atoms with Crippen molar-refractivity contribution in [2.24, 2.45) is 0 Å². The Labute approximate surface area is 223 Å². The first-order chi connectivity index (χ1) is 18.2. The summed E-state index contributed by atoms with van der Waals surface area (Å²) >= 11 is 0. The molecule has 0 bridgehead atoms. The number of benzene rings is 3. The molecule has 3 aromatic carbocycles. The SMILES string of the molecule is CCN(CC)S(=O)(=O)c1ccc(C(=O)Nc2ccc3c(c2)OC(C)C(=O)N3CCOc2ccccc2)cc1. The van der Waals surface area contributed by atoms with Crippen molar-refractivity contribution >= 4 is 33.2 Å². The van der Waals surface area contributed by atoms with Crippen LogP contribution in [0.5, 0.6) is 11.5 Å². The highest BCUT2D eigenvalue weighted by molar-refractivity contribution is 7.89. The number of para-hydroxylation sites is 1. The maximum absolute atomic E-state index is 12.9. The molecule has 1 aliphatic rings. The van der Waals surface area contributed by atoms with Crippen molar-refractivity contribution in [3.05, 3.63) is 78.4 Å². The molecule has 4 rings (SSSR count). The molecule has 2 amide bonds. The third-order valence-corrected chi connectivity index (χ3v) is 8.28. The zero-order valence-electron chi connectivity index (χ0n) is 21.6. The number of amides is 2. The van der Waals surface area contributed by atoms with Crippen molar-refractivity contribution in [2.75, 3.05) is 36.5 Å². The van der Waals surface area contributed by atoms with Gasteiger partial charge in [-0.1, -0.05) is 32.0 Å². The fourth-order valence-electron chi connectivity index (χ4n) is 4.18. The minimum atomic E-state index is -3.61. The van der Waals surface area contributed by atoms with Gasteiger partial charge in [0.2, 0.25) is 10.0 Å². The van der Waals surface area contributed by atoms with Crippen molar-refractivity contribution in [3.63, 3.8) is 0 Å². The van der Waals surface area contributed by atoms with Crippen molar-refractivity contribution in [1.29, 1.82) is 0 Å².